The molecule has 1 N–H and O–H groups in total. The Labute approximate surface area is 182 Å². The van der Waals surface area contributed by atoms with Crippen LogP contribution in [0.1, 0.15) is 12.5 Å². The van der Waals surface area contributed by atoms with Crippen LogP contribution in [0.3, 0.4) is 0 Å². The second-order valence-corrected chi connectivity index (χ2v) is 7.45. The zero-order chi connectivity index (χ0) is 21.6. The van der Waals surface area contributed by atoms with E-state index in [9.17, 15) is 9.59 Å². The molecule has 160 valence electrons. The van der Waals surface area contributed by atoms with Crippen molar-refractivity contribution in [3.8, 4) is 22.9 Å². The Hall–Kier alpha value is -3.53. The summed E-state index contributed by atoms with van der Waals surface area (Å²) < 4.78 is 17.5. The fraction of sp³-hybridized carbons (Fsp3) is 0.238. The van der Waals surface area contributed by atoms with Gasteiger partial charge in [-0.15, -0.1) is 10.2 Å². The van der Waals surface area contributed by atoms with Gasteiger partial charge in [0.05, 0.1) is 18.9 Å². The lowest BCUT2D eigenvalue weighted by atomic mass is 10.2. The molecule has 0 fully saturated rings. The number of rotatable bonds is 7. The van der Waals surface area contributed by atoms with Crippen LogP contribution in [-0.2, 0) is 16.1 Å². The first-order valence-corrected chi connectivity index (χ1v) is 10.6. The number of nitrogens with zero attached hydrogens (tertiary/aromatic N) is 3. The molecule has 4 rings (SSSR count). The molecule has 0 unspecified atom stereocenters. The number of carbonyl (C=O) groups excluding carboxylic acids is 2. The number of carbonyl (C=O) groups is 2. The highest BCUT2D eigenvalue weighted by atomic mass is 32.2. The van der Waals surface area contributed by atoms with Gasteiger partial charge < -0.3 is 14.2 Å². The molecule has 0 saturated carbocycles. The lowest BCUT2D eigenvalue weighted by Crippen LogP contribution is -2.32. The molecule has 0 radical (unpaired) electrons. The van der Waals surface area contributed by atoms with E-state index in [1.807, 2.05) is 53.1 Å². The zero-order valence-electron chi connectivity index (χ0n) is 16.7. The highest BCUT2D eigenvalue weighted by molar-refractivity contribution is 7.99. The molecule has 10 heteroatoms. The number of fused-ring (bicyclic) bond motifs is 1. The van der Waals surface area contributed by atoms with E-state index in [1.165, 1.54) is 11.8 Å². The number of alkyl carbamates (subject to hydrolysis) is 1. The van der Waals surface area contributed by atoms with Gasteiger partial charge in [-0.3, -0.25) is 14.7 Å². The van der Waals surface area contributed by atoms with Gasteiger partial charge in [0, 0.05) is 5.56 Å². The molecule has 2 amide bonds. The molecule has 2 aromatic carbocycles. The van der Waals surface area contributed by atoms with Crippen molar-refractivity contribution in [3.63, 3.8) is 0 Å². The Kier molecular flexibility index (Phi) is 6.37. The van der Waals surface area contributed by atoms with Crippen LogP contribution in [0.15, 0.2) is 53.7 Å². The fourth-order valence-electron chi connectivity index (χ4n) is 3.01. The monoisotopic (exact) mass is 440 g/mol. The summed E-state index contributed by atoms with van der Waals surface area (Å²) in [6.45, 7) is 2.53. The quantitative estimate of drug-likeness (QED) is 0.559. The molecule has 2 heterocycles. The molecule has 1 aliphatic rings. The number of imide groups is 1. The van der Waals surface area contributed by atoms with Crippen molar-refractivity contribution >= 4 is 23.8 Å². The molecule has 0 saturated heterocycles. The van der Waals surface area contributed by atoms with Crippen molar-refractivity contribution in [1.29, 1.82) is 0 Å². The van der Waals surface area contributed by atoms with Crippen LogP contribution >= 0.6 is 11.8 Å². The van der Waals surface area contributed by atoms with Crippen LogP contribution in [-0.4, -0.2) is 45.9 Å². The first-order valence-electron chi connectivity index (χ1n) is 9.60. The van der Waals surface area contributed by atoms with Crippen molar-refractivity contribution in [2.75, 3.05) is 19.2 Å². The summed E-state index contributed by atoms with van der Waals surface area (Å²) in [7, 11) is 0. The summed E-state index contributed by atoms with van der Waals surface area (Å²) in [5.74, 6) is 1.59. The van der Waals surface area contributed by atoms with Crippen molar-refractivity contribution in [2.24, 2.45) is 0 Å². The van der Waals surface area contributed by atoms with Crippen LogP contribution in [0.2, 0.25) is 0 Å². The molecule has 0 atom stereocenters. The molecule has 1 aliphatic heterocycles. The highest BCUT2D eigenvalue weighted by Gasteiger charge is 2.19. The molecule has 0 spiro atoms. The minimum absolute atomic E-state index is 0.00707. The summed E-state index contributed by atoms with van der Waals surface area (Å²) in [4.78, 5) is 23.5. The van der Waals surface area contributed by atoms with Gasteiger partial charge in [0.25, 0.3) is 0 Å². The first-order chi connectivity index (χ1) is 15.1. The van der Waals surface area contributed by atoms with Crippen LogP contribution < -0.4 is 14.8 Å². The predicted molar refractivity (Wildman–Crippen MR) is 113 cm³/mol. The SMILES string of the molecule is CCOC(=O)NC(=O)CSc1nnc(-c2ccccc2)n1Cc1ccc2c(c1)OCO2. The van der Waals surface area contributed by atoms with Gasteiger partial charge in [-0.2, -0.15) is 0 Å². The maximum Gasteiger partial charge on any atom is 0.413 e. The topological polar surface area (TPSA) is 105 Å². The summed E-state index contributed by atoms with van der Waals surface area (Å²) in [6, 6.07) is 15.4. The number of thioether (sulfide) groups is 1. The molecular weight excluding hydrogens is 420 g/mol. The third-order valence-electron chi connectivity index (χ3n) is 4.38. The fourth-order valence-corrected chi connectivity index (χ4v) is 3.75. The summed E-state index contributed by atoms with van der Waals surface area (Å²) >= 11 is 1.19. The smallest absolute Gasteiger partial charge is 0.413 e. The van der Waals surface area contributed by atoms with E-state index in [1.54, 1.807) is 6.92 Å². The predicted octanol–water partition coefficient (Wildman–Crippen LogP) is 3.09. The Balaban J connectivity index is 1.56. The average Bonchev–Trinajstić information content (AvgIpc) is 3.39. The van der Waals surface area contributed by atoms with E-state index < -0.39 is 12.0 Å². The third kappa shape index (κ3) is 4.97. The van der Waals surface area contributed by atoms with Crippen LogP contribution in [0.25, 0.3) is 11.4 Å². The van der Waals surface area contributed by atoms with Crippen molar-refractivity contribution in [3.05, 3.63) is 54.1 Å². The van der Waals surface area contributed by atoms with Gasteiger partial charge in [-0.25, -0.2) is 4.79 Å². The van der Waals surface area contributed by atoms with Crippen LogP contribution in [0.5, 0.6) is 11.5 Å². The minimum Gasteiger partial charge on any atom is -0.454 e. The van der Waals surface area contributed by atoms with E-state index in [4.69, 9.17) is 14.2 Å². The second-order valence-electron chi connectivity index (χ2n) is 6.50. The maximum absolute atomic E-state index is 12.1. The van der Waals surface area contributed by atoms with E-state index in [-0.39, 0.29) is 19.2 Å². The summed E-state index contributed by atoms with van der Waals surface area (Å²) in [5, 5.41) is 11.3. The molecule has 9 nitrogen and oxygen atoms in total. The third-order valence-corrected chi connectivity index (χ3v) is 5.34. The summed E-state index contributed by atoms with van der Waals surface area (Å²) in [6.07, 6.45) is -0.764. The number of amides is 2. The largest absolute Gasteiger partial charge is 0.454 e. The Morgan fingerprint density at radius 1 is 1.13 bits per heavy atom. The Morgan fingerprint density at radius 3 is 2.74 bits per heavy atom. The number of nitrogens with one attached hydrogen (secondary N) is 1. The lowest BCUT2D eigenvalue weighted by molar-refractivity contribution is -0.117. The average molecular weight is 440 g/mol. The van der Waals surface area contributed by atoms with E-state index in [0.29, 0.717) is 29.0 Å². The molecule has 31 heavy (non-hydrogen) atoms. The molecule has 0 aliphatic carbocycles. The number of aromatic nitrogens is 3. The number of hydrogen-bond donors (Lipinski definition) is 1. The number of ether oxygens (including phenoxy) is 3. The zero-order valence-corrected chi connectivity index (χ0v) is 17.6. The Bertz CT molecular complexity index is 1090. The van der Waals surface area contributed by atoms with Crippen molar-refractivity contribution < 1.29 is 23.8 Å². The van der Waals surface area contributed by atoms with Gasteiger partial charge in [0.1, 0.15) is 0 Å². The molecule has 3 aromatic rings. The van der Waals surface area contributed by atoms with Crippen LogP contribution in [0, 0.1) is 0 Å². The summed E-state index contributed by atoms with van der Waals surface area (Å²) in [5.41, 5.74) is 1.87. The normalized spacial score (nSPS) is 11.9. The van der Waals surface area contributed by atoms with E-state index in [0.717, 1.165) is 11.1 Å². The maximum atomic E-state index is 12.1. The minimum atomic E-state index is -0.764. The number of hydrogen-bond acceptors (Lipinski definition) is 8. The first kappa shape index (κ1) is 20.7. The van der Waals surface area contributed by atoms with Gasteiger partial charge in [0.15, 0.2) is 22.5 Å². The second kappa shape index (κ2) is 9.52. The van der Waals surface area contributed by atoms with Crippen molar-refractivity contribution in [2.45, 2.75) is 18.6 Å². The molecular formula is C21H20N4O5S. The standard InChI is InChI=1S/C21H20N4O5S/c1-2-28-21(27)22-18(26)12-31-20-24-23-19(15-6-4-3-5-7-15)25(20)11-14-8-9-16-17(10-14)30-13-29-16/h3-10H,2,11-13H2,1H3,(H,22,26,27). The highest BCUT2D eigenvalue weighted by Crippen LogP contribution is 2.33. The molecule has 0 bridgehead atoms. The van der Waals surface area contributed by atoms with E-state index >= 15 is 0 Å². The van der Waals surface area contributed by atoms with Crippen LogP contribution in [0.4, 0.5) is 4.79 Å². The van der Waals surface area contributed by atoms with Crippen molar-refractivity contribution in [1.82, 2.24) is 20.1 Å². The van der Waals surface area contributed by atoms with E-state index in [2.05, 4.69) is 15.5 Å². The Morgan fingerprint density at radius 2 is 1.94 bits per heavy atom. The van der Waals surface area contributed by atoms with Gasteiger partial charge in [-0.05, 0) is 24.6 Å². The lowest BCUT2D eigenvalue weighted by Gasteiger charge is -2.11. The van der Waals surface area contributed by atoms with Gasteiger partial charge >= 0.3 is 6.09 Å². The molecule has 1 aromatic heterocycles. The van der Waals surface area contributed by atoms with Gasteiger partial charge in [-0.1, -0.05) is 48.2 Å². The number of benzene rings is 2. The van der Waals surface area contributed by atoms with Gasteiger partial charge in [0.2, 0.25) is 12.7 Å².